The van der Waals surface area contributed by atoms with Gasteiger partial charge >= 0.3 is 0 Å². The van der Waals surface area contributed by atoms with E-state index in [1.54, 1.807) is 0 Å². The van der Waals surface area contributed by atoms with Crippen LogP contribution in [0.5, 0.6) is 0 Å². The van der Waals surface area contributed by atoms with Gasteiger partial charge in [0, 0.05) is 28.3 Å². The van der Waals surface area contributed by atoms with E-state index in [1.165, 1.54) is 6.26 Å². The molecule has 0 aromatic carbocycles. The molecule has 1 saturated carbocycles. The molecule has 0 bridgehead atoms. The van der Waals surface area contributed by atoms with Gasteiger partial charge in [-0.2, -0.15) is 23.5 Å². The number of hydrogen-bond acceptors (Lipinski definition) is 5. The normalized spacial score (nSPS) is 38.9. The van der Waals surface area contributed by atoms with Gasteiger partial charge in [0.05, 0.1) is 11.4 Å². The third-order valence-electron chi connectivity index (χ3n) is 4.33. The van der Waals surface area contributed by atoms with Gasteiger partial charge in [0.2, 0.25) is 0 Å². The van der Waals surface area contributed by atoms with Gasteiger partial charge in [-0.1, -0.05) is 13.3 Å². The number of sulfone groups is 1. The van der Waals surface area contributed by atoms with Crippen LogP contribution in [0.25, 0.3) is 0 Å². The molecule has 0 aromatic rings. The van der Waals surface area contributed by atoms with Crippen molar-refractivity contribution in [2.45, 2.75) is 54.5 Å². The average molecular weight is 325 g/mol. The lowest BCUT2D eigenvalue weighted by Crippen LogP contribution is -2.42. The maximum Gasteiger partial charge on any atom is 0.150 e. The Morgan fingerprint density at radius 1 is 1.21 bits per heavy atom. The monoisotopic (exact) mass is 324 g/mol. The van der Waals surface area contributed by atoms with Crippen LogP contribution in [0, 0.1) is 5.92 Å². The molecule has 0 aromatic heterocycles. The molecular weight excluding hydrogens is 300 g/mol. The largest absolute Gasteiger partial charge is 0.392 e. The van der Waals surface area contributed by atoms with Crippen molar-refractivity contribution in [2.24, 2.45) is 5.92 Å². The van der Waals surface area contributed by atoms with Gasteiger partial charge < -0.3 is 5.11 Å². The minimum atomic E-state index is -2.96. The van der Waals surface area contributed by atoms with Crippen LogP contribution in [-0.4, -0.2) is 53.1 Å². The Hall–Kier alpha value is 0.610. The number of hydrogen-bond donors (Lipinski definition) is 1. The van der Waals surface area contributed by atoms with E-state index in [9.17, 15) is 13.5 Å². The van der Waals surface area contributed by atoms with Gasteiger partial charge in [-0.3, -0.25) is 0 Å². The first-order valence-electron chi connectivity index (χ1n) is 6.99. The number of thioether (sulfide) groups is 2. The molecule has 0 amide bonds. The summed E-state index contributed by atoms with van der Waals surface area (Å²) in [4.78, 5) is 0. The summed E-state index contributed by atoms with van der Waals surface area (Å²) < 4.78 is 23.4. The summed E-state index contributed by atoms with van der Waals surface area (Å²) in [5.74, 6) is 2.41. The fourth-order valence-electron chi connectivity index (χ4n) is 3.17. The summed E-state index contributed by atoms with van der Waals surface area (Å²) >= 11 is 3.79. The summed E-state index contributed by atoms with van der Waals surface area (Å²) in [5, 5.41) is 11.1. The molecule has 19 heavy (non-hydrogen) atoms. The van der Waals surface area contributed by atoms with E-state index in [0.29, 0.717) is 11.7 Å². The summed E-state index contributed by atoms with van der Waals surface area (Å²) in [6.45, 7) is 2.18. The standard InChI is InChI=1S/C13H24O3S3/c1-9-13(18-7-6-17-9)12(14)10-4-3-5-11(8-10)19(2,15)16/h9-14H,3-8H2,1-2H3. The molecule has 1 saturated heterocycles. The van der Waals surface area contributed by atoms with Crippen LogP contribution in [-0.2, 0) is 9.84 Å². The van der Waals surface area contributed by atoms with E-state index >= 15 is 0 Å². The Kier molecular flexibility index (Phi) is 5.54. The Morgan fingerprint density at radius 2 is 1.89 bits per heavy atom. The summed E-state index contributed by atoms with van der Waals surface area (Å²) in [5.41, 5.74) is 0. The van der Waals surface area contributed by atoms with Crippen LogP contribution >= 0.6 is 23.5 Å². The fourth-order valence-corrected chi connectivity index (χ4v) is 7.29. The molecule has 1 aliphatic carbocycles. The molecule has 1 heterocycles. The highest BCUT2D eigenvalue weighted by atomic mass is 32.2. The van der Waals surface area contributed by atoms with E-state index in [2.05, 4.69) is 6.92 Å². The molecule has 0 radical (unpaired) electrons. The van der Waals surface area contributed by atoms with Crippen LogP contribution in [0.1, 0.15) is 32.6 Å². The van der Waals surface area contributed by atoms with Crippen molar-refractivity contribution in [1.29, 1.82) is 0 Å². The molecule has 3 nitrogen and oxygen atoms in total. The van der Waals surface area contributed by atoms with Gasteiger partial charge in [0.1, 0.15) is 9.84 Å². The van der Waals surface area contributed by atoms with Crippen molar-refractivity contribution in [2.75, 3.05) is 17.8 Å². The number of aliphatic hydroxyl groups is 1. The van der Waals surface area contributed by atoms with Crippen LogP contribution < -0.4 is 0 Å². The molecular formula is C13H24O3S3. The SMILES string of the molecule is CC1SCCSC1C(O)C1CCCC(S(C)(=O)=O)C1. The van der Waals surface area contributed by atoms with Gasteiger partial charge in [-0.05, 0) is 25.2 Å². The molecule has 2 rings (SSSR count). The molecule has 112 valence electrons. The zero-order chi connectivity index (χ0) is 14.0. The third-order valence-corrected chi connectivity index (χ3v) is 9.17. The Labute approximate surface area is 125 Å². The lowest BCUT2D eigenvalue weighted by molar-refractivity contribution is 0.0835. The second kappa shape index (κ2) is 6.58. The second-order valence-electron chi connectivity index (χ2n) is 5.78. The van der Waals surface area contributed by atoms with Crippen molar-refractivity contribution in [3.8, 4) is 0 Å². The van der Waals surface area contributed by atoms with E-state index in [0.717, 1.165) is 30.8 Å². The lowest BCUT2D eigenvalue weighted by Gasteiger charge is -2.38. The highest BCUT2D eigenvalue weighted by Crippen LogP contribution is 2.39. The van der Waals surface area contributed by atoms with Crippen molar-refractivity contribution in [3.05, 3.63) is 0 Å². The zero-order valence-corrected chi connectivity index (χ0v) is 14.1. The van der Waals surface area contributed by atoms with Gasteiger partial charge in [0.25, 0.3) is 0 Å². The van der Waals surface area contributed by atoms with Crippen LogP contribution in [0.3, 0.4) is 0 Å². The number of aliphatic hydroxyl groups excluding tert-OH is 1. The van der Waals surface area contributed by atoms with E-state index in [1.807, 2.05) is 23.5 Å². The topological polar surface area (TPSA) is 54.4 Å². The minimum Gasteiger partial charge on any atom is -0.392 e. The van der Waals surface area contributed by atoms with Crippen molar-refractivity contribution in [3.63, 3.8) is 0 Å². The Balaban J connectivity index is 2.00. The summed E-state index contributed by atoms with van der Waals surface area (Å²) in [6, 6.07) is 0. The van der Waals surface area contributed by atoms with E-state index in [4.69, 9.17) is 0 Å². The molecule has 5 unspecified atom stereocenters. The smallest absolute Gasteiger partial charge is 0.150 e. The third kappa shape index (κ3) is 4.05. The first-order chi connectivity index (χ1) is 8.89. The van der Waals surface area contributed by atoms with Gasteiger partial charge in [0.15, 0.2) is 0 Å². The van der Waals surface area contributed by atoms with E-state index in [-0.39, 0.29) is 22.5 Å². The number of rotatable bonds is 3. The van der Waals surface area contributed by atoms with Crippen LogP contribution in [0.4, 0.5) is 0 Å². The molecule has 1 aliphatic heterocycles. The quantitative estimate of drug-likeness (QED) is 0.862. The lowest BCUT2D eigenvalue weighted by atomic mass is 9.83. The highest BCUT2D eigenvalue weighted by Gasteiger charge is 2.38. The van der Waals surface area contributed by atoms with Gasteiger partial charge in [-0.15, -0.1) is 0 Å². The second-order valence-corrected chi connectivity index (χ2v) is 10.9. The summed E-state index contributed by atoms with van der Waals surface area (Å²) in [6.07, 6.45) is 4.30. The molecule has 6 heteroatoms. The molecule has 2 fully saturated rings. The summed E-state index contributed by atoms with van der Waals surface area (Å²) in [7, 11) is -2.96. The molecule has 1 N–H and O–H groups in total. The maximum absolute atomic E-state index is 11.7. The first-order valence-corrected chi connectivity index (χ1v) is 11.0. The highest BCUT2D eigenvalue weighted by molar-refractivity contribution is 8.07. The maximum atomic E-state index is 11.7. The van der Waals surface area contributed by atoms with E-state index < -0.39 is 9.84 Å². The molecule has 2 aliphatic rings. The van der Waals surface area contributed by atoms with Crippen LogP contribution in [0.15, 0.2) is 0 Å². The Bertz CT molecular complexity index is 396. The molecule has 0 spiro atoms. The van der Waals surface area contributed by atoms with Crippen molar-refractivity contribution >= 4 is 33.4 Å². The minimum absolute atomic E-state index is 0.159. The predicted molar refractivity (Wildman–Crippen MR) is 84.8 cm³/mol. The average Bonchev–Trinajstić information content (AvgIpc) is 2.38. The van der Waals surface area contributed by atoms with Crippen LogP contribution in [0.2, 0.25) is 0 Å². The zero-order valence-electron chi connectivity index (χ0n) is 11.6. The van der Waals surface area contributed by atoms with Gasteiger partial charge in [-0.25, -0.2) is 8.42 Å². The van der Waals surface area contributed by atoms with Crippen molar-refractivity contribution in [1.82, 2.24) is 0 Å². The Morgan fingerprint density at radius 3 is 2.53 bits per heavy atom. The molecule has 5 atom stereocenters. The predicted octanol–water partition coefficient (Wildman–Crippen LogP) is 2.19. The first kappa shape index (κ1) is 16.0. The fraction of sp³-hybridized carbons (Fsp3) is 1.00. The van der Waals surface area contributed by atoms with Crippen molar-refractivity contribution < 1.29 is 13.5 Å².